The molecule has 36 heavy (non-hydrogen) atoms. The fourth-order valence-electron chi connectivity index (χ4n) is 5.81. The first kappa shape index (κ1) is 23.1. The van der Waals surface area contributed by atoms with Crippen LogP contribution < -0.4 is 10.1 Å². The van der Waals surface area contributed by atoms with Gasteiger partial charge < -0.3 is 14.5 Å². The number of aromatic nitrogens is 1. The van der Waals surface area contributed by atoms with Gasteiger partial charge in [-0.15, -0.1) is 0 Å². The zero-order valence-corrected chi connectivity index (χ0v) is 20.5. The molecule has 0 bridgehead atoms. The molecule has 0 saturated carbocycles. The summed E-state index contributed by atoms with van der Waals surface area (Å²) >= 11 is 0. The van der Waals surface area contributed by atoms with Crippen LogP contribution in [0, 0.1) is 0 Å². The summed E-state index contributed by atoms with van der Waals surface area (Å²) in [5.41, 5.74) is 5.28. The summed E-state index contributed by atoms with van der Waals surface area (Å²) in [6.07, 6.45) is 4.68. The molecule has 2 saturated heterocycles. The molecule has 1 unspecified atom stereocenters. The van der Waals surface area contributed by atoms with Crippen LogP contribution in [-0.4, -0.2) is 76.2 Å². The largest absolute Gasteiger partial charge is 0.489 e. The van der Waals surface area contributed by atoms with Crippen molar-refractivity contribution >= 4 is 17.7 Å². The van der Waals surface area contributed by atoms with Gasteiger partial charge in [-0.2, -0.15) is 0 Å². The molecule has 4 aliphatic heterocycles. The van der Waals surface area contributed by atoms with Crippen LogP contribution in [0.1, 0.15) is 52.0 Å². The lowest BCUT2D eigenvalue weighted by Gasteiger charge is -2.29. The zero-order chi connectivity index (χ0) is 24.8. The van der Waals surface area contributed by atoms with E-state index in [9.17, 15) is 14.4 Å². The quantitative estimate of drug-likeness (QED) is 0.636. The summed E-state index contributed by atoms with van der Waals surface area (Å²) in [5.74, 6) is -0.0896. The highest BCUT2D eigenvalue weighted by Crippen LogP contribution is 2.31. The smallest absolute Gasteiger partial charge is 0.255 e. The van der Waals surface area contributed by atoms with Crippen molar-refractivity contribution in [3.05, 3.63) is 58.4 Å². The summed E-state index contributed by atoms with van der Waals surface area (Å²) in [6.45, 7) is 5.06. The first-order valence-electron chi connectivity index (χ1n) is 12.7. The van der Waals surface area contributed by atoms with E-state index in [0.717, 1.165) is 56.9 Å². The van der Waals surface area contributed by atoms with Gasteiger partial charge in [0.25, 0.3) is 5.91 Å². The first-order valence-corrected chi connectivity index (χ1v) is 12.7. The molecule has 4 aliphatic rings. The SMILES string of the molecule is CN1CCc2ncc(CN3CC[C@H](Oc4ccc5c(c4)CN(C4CCC(=O)NC4=O)C5=O)C3)cc2C1. The number of piperidine rings is 1. The predicted molar refractivity (Wildman–Crippen MR) is 131 cm³/mol. The van der Waals surface area contributed by atoms with Gasteiger partial charge >= 0.3 is 0 Å². The number of benzene rings is 1. The molecule has 0 aliphatic carbocycles. The fraction of sp³-hybridized carbons (Fsp3) is 0.481. The van der Waals surface area contributed by atoms with E-state index in [1.165, 1.54) is 16.8 Å². The van der Waals surface area contributed by atoms with Crippen LogP contribution in [0.3, 0.4) is 0 Å². The molecule has 1 aromatic carbocycles. The van der Waals surface area contributed by atoms with Crippen LogP contribution in [0.15, 0.2) is 30.5 Å². The number of nitrogens with one attached hydrogen (secondary N) is 1. The maximum absolute atomic E-state index is 12.9. The van der Waals surface area contributed by atoms with Gasteiger partial charge in [-0.05, 0) is 60.8 Å². The van der Waals surface area contributed by atoms with E-state index in [2.05, 4.69) is 28.2 Å². The molecule has 188 valence electrons. The number of pyridine rings is 1. The van der Waals surface area contributed by atoms with E-state index >= 15 is 0 Å². The first-order chi connectivity index (χ1) is 17.4. The van der Waals surface area contributed by atoms with Crippen LogP contribution in [0.5, 0.6) is 5.75 Å². The molecule has 5 heterocycles. The molecule has 0 radical (unpaired) electrons. The molecule has 6 rings (SSSR count). The van der Waals surface area contributed by atoms with Crippen molar-refractivity contribution in [2.45, 2.75) is 57.5 Å². The zero-order valence-electron chi connectivity index (χ0n) is 20.5. The number of rotatable bonds is 5. The number of likely N-dealkylation sites (N-methyl/N-ethyl adjacent to an activating group) is 1. The van der Waals surface area contributed by atoms with Gasteiger partial charge in [0.1, 0.15) is 17.9 Å². The van der Waals surface area contributed by atoms with Crippen LogP contribution in [0.25, 0.3) is 0 Å². The molecule has 2 aromatic rings. The Morgan fingerprint density at radius 2 is 1.94 bits per heavy atom. The number of amides is 3. The fourth-order valence-corrected chi connectivity index (χ4v) is 5.81. The minimum Gasteiger partial charge on any atom is -0.489 e. The lowest BCUT2D eigenvalue weighted by atomic mass is 10.0. The summed E-state index contributed by atoms with van der Waals surface area (Å²) in [4.78, 5) is 47.7. The average Bonchev–Trinajstić information content (AvgIpc) is 3.42. The summed E-state index contributed by atoms with van der Waals surface area (Å²) < 4.78 is 6.31. The predicted octanol–water partition coefficient (Wildman–Crippen LogP) is 1.48. The van der Waals surface area contributed by atoms with Gasteiger partial charge in [-0.3, -0.25) is 29.6 Å². The Hall–Kier alpha value is -3.30. The molecule has 2 atom stereocenters. The van der Waals surface area contributed by atoms with Crippen LogP contribution in [0.2, 0.25) is 0 Å². The minimum atomic E-state index is -0.603. The molecule has 9 heteroatoms. The van der Waals surface area contributed by atoms with Crippen molar-refractivity contribution in [3.8, 4) is 5.75 Å². The Bertz CT molecular complexity index is 1230. The summed E-state index contributed by atoms with van der Waals surface area (Å²) in [5, 5.41) is 2.34. The number of hydrogen-bond acceptors (Lipinski definition) is 7. The van der Waals surface area contributed by atoms with E-state index in [1.54, 1.807) is 11.0 Å². The number of carbonyl (C=O) groups excluding carboxylic acids is 3. The molecular weight excluding hydrogens is 458 g/mol. The second-order valence-electron chi connectivity index (χ2n) is 10.4. The lowest BCUT2D eigenvalue weighted by molar-refractivity contribution is -0.136. The second-order valence-corrected chi connectivity index (χ2v) is 10.4. The summed E-state index contributed by atoms with van der Waals surface area (Å²) in [6, 6.07) is 7.26. The van der Waals surface area contributed by atoms with Crippen LogP contribution in [-0.2, 0) is 35.6 Å². The number of ether oxygens (including phenoxy) is 1. The Balaban J connectivity index is 1.07. The molecule has 1 N–H and O–H groups in total. The van der Waals surface area contributed by atoms with E-state index in [4.69, 9.17) is 9.72 Å². The van der Waals surface area contributed by atoms with Gasteiger partial charge in [-0.1, -0.05) is 0 Å². The molecule has 3 amide bonds. The van der Waals surface area contributed by atoms with Crippen LogP contribution >= 0.6 is 0 Å². The van der Waals surface area contributed by atoms with E-state index < -0.39 is 11.9 Å². The van der Waals surface area contributed by atoms with Crippen molar-refractivity contribution < 1.29 is 19.1 Å². The molecule has 1 aromatic heterocycles. The average molecular weight is 490 g/mol. The van der Waals surface area contributed by atoms with Gasteiger partial charge in [0.2, 0.25) is 11.8 Å². The number of likely N-dealkylation sites (tertiary alicyclic amines) is 1. The number of nitrogens with zero attached hydrogens (tertiary/aromatic N) is 4. The van der Waals surface area contributed by atoms with Crippen molar-refractivity contribution in [1.82, 2.24) is 25.0 Å². The topological polar surface area (TPSA) is 95.1 Å². The highest BCUT2D eigenvalue weighted by Gasteiger charge is 2.39. The van der Waals surface area contributed by atoms with E-state index in [0.29, 0.717) is 18.5 Å². The third kappa shape index (κ3) is 4.49. The van der Waals surface area contributed by atoms with Gasteiger partial charge in [0, 0.05) is 69.6 Å². The monoisotopic (exact) mass is 489 g/mol. The highest BCUT2D eigenvalue weighted by molar-refractivity contribution is 6.05. The van der Waals surface area contributed by atoms with Crippen molar-refractivity contribution in [3.63, 3.8) is 0 Å². The van der Waals surface area contributed by atoms with E-state index in [1.807, 2.05) is 18.3 Å². The minimum absolute atomic E-state index is 0.0862. The normalized spacial score (nSPS) is 24.6. The van der Waals surface area contributed by atoms with Crippen molar-refractivity contribution in [2.24, 2.45) is 0 Å². The van der Waals surface area contributed by atoms with Gasteiger partial charge in [0.15, 0.2) is 0 Å². The number of fused-ring (bicyclic) bond motifs is 2. The molecule has 9 nitrogen and oxygen atoms in total. The summed E-state index contributed by atoms with van der Waals surface area (Å²) in [7, 11) is 2.15. The third-order valence-electron chi connectivity index (χ3n) is 7.72. The van der Waals surface area contributed by atoms with Crippen LogP contribution in [0.4, 0.5) is 0 Å². The Labute approximate surface area is 210 Å². The molecular formula is C27H31N5O4. The van der Waals surface area contributed by atoms with E-state index in [-0.39, 0.29) is 24.3 Å². The Morgan fingerprint density at radius 1 is 1.06 bits per heavy atom. The molecule has 0 spiro atoms. The maximum Gasteiger partial charge on any atom is 0.255 e. The lowest BCUT2D eigenvalue weighted by Crippen LogP contribution is -2.52. The standard InChI is InChI=1S/C27H31N5O4/c1-30-8-7-23-19(14-30)10-17(12-28-23)13-31-9-6-21(16-31)36-20-2-3-22-18(11-20)15-32(27(22)35)24-4-5-25(33)29-26(24)34/h2-3,10-12,21,24H,4-9,13-16H2,1H3,(H,29,33,34)/t21-,24?/m0/s1. The molecule has 2 fully saturated rings. The highest BCUT2D eigenvalue weighted by atomic mass is 16.5. The van der Waals surface area contributed by atoms with Gasteiger partial charge in [0.05, 0.1) is 0 Å². The van der Waals surface area contributed by atoms with Crippen molar-refractivity contribution in [1.29, 1.82) is 0 Å². The Morgan fingerprint density at radius 3 is 2.81 bits per heavy atom. The van der Waals surface area contributed by atoms with Crippen molar-refractivity contribution in [2.75, 3.05) is 26.7 Å². The second kappa shape index (κ2) is 9.29. The Kier molecular flexibility index (Phi) is 5.97. The number of carbonyl (C=O) groups is 3. The third-order valence-corrected chi connectivity index (χ3v) is 7.72. The number of hydrogen-bond donors (Lipinski definition) is 1. The number of imide groups is 1. The maximum atomic E-state index is 12.9. The van der Waals surface area contributed by atoms with Gasteiger partial charge in [-0.25, -0.2) is 0 Å².